The first-order chi connectivity index (χ1) is 23.3. The molecule has 0 saturated carbocycles. The van der Waals surface area contributed by atoms with E-state index in [1.807, 2.05) is 6.07 Å². The SMILES string of the molecule is c1ccc(-c2cccc(-c3c4ccccc4c(-c4ccc5c(c4)oc4c6ccccc6c6ccccc6c54)c4ccccc34)n2)cc1. The molecule has 0 aliphatic carbocycles. The second-order valence-corrected chi connectivity index (χ2v) is 12.2. The summed E-state index contributed by atoms with van der Waals surface area (Å²) in [7, 11) is 0. The number of furan rings is 1. The number of fused-ring (bicyclic) bond motifs is 10. The minimum atomic E-state index is 0.897. The Hall–Kier alpha value is -6.25. The largest absolute Gasteiger partial charge is 0.455 e. The number of hydrogen-bond acceptors (Lipinski definition) is 2. The fourth-order valence-electron chi connectivity index (χ4n) is 7.62. The molecule has 0 saturated heterocycles. The standard InChI is InChI=1S/C45H27NO/c1-2-13-28(14-3-1)39-23-12-24-40(46-39)43-35-20-9-7-18-33(35)42(34-19-8-10-21-36(34)43)29-25-26-38-41(27-29)47-45-37-22-11-5-16-31(37)30-15-4-6-17-32(30)44(38)45/h1-27H. The van der Waals surface area contributed by atoms with Crippen molar-refractivity contribution in [2.24, 2.45) is 0 Å². The van der Waals surface area contributed by atoms with Gasteiger partial charge in [0.05, 0.1) is 11.4 Å². The van der Waals surface area contributed by atoms with Gasteiger partial charge in [0.1, 0.15) is 11.2 Å². The lowest BCUT2D eigenvalue weighted by Crippen LogP contribution is -1.93. The predicted octanol–water partition coefficient (Wildman–Crippen LogP) is 12.6. The zero-order valence-electron chi connectivity index (χ0n) is 25.4. The van der Waals surface area contributed by atoms with Crippen molar-refractivity contribution in [3.8, 4) is 33.6 Å². The van der Waals surface area contributed by atoms with Crippen LogP contribution in [0.25, 0.3) is 98.7 Å². The molecule has 8 aromatic carbocycles. The zero-order chi connectivity index (χ0) is 30.9. The molecule has 0 fully saturated rings. The molecule has 0 aliphatic heterocycles. The summed E-state index contributed by atoms with van der Waals surface area (Å²) < 4.78 is 6.80. The van der Waals surface area contributed by atoms with E-state index in [1.165, 1.54) is 48.7 Å². The van der Waals surface area contributed by atoms with Crippen molar-refractivity contribution >= 4 is 65.0 Å². The van der Waals surface area contributed by atoms with E-state index in [0.717, 1.165) is 50.0 Å². The van der Waals surface area contributed by atoms with Gasteiger partial charge in [-0.3, -0.25) is 0 Å². The maximum absolute atomic E-state index is 6.80. The molecular weight excluding hydrogens is 571 g/mol. The van der Waals surface area contributed by atoms with Crippen LogP contribution in [0.2, 0.25) is 0 Å². The fraction of sp³-hybridized carbons (Fsp3) is 0. The van der Waals surface area contributed by atoms with Gasteiger partial charge in [-0.15, -0.1) is 0 Å². The van der Waals surface area contributed by atoms with Crippen molar-refractivity contribution in [3.63, 3.8) is 0 Å². The predicted molar refractivity (Wildman–Crippen MR) is 198 cm³/mol. The van der Waals surface area contributed by atoms with Gasteiger partial charge in [-0.2, -0.15) is 0 Å². The van der Waals surface area contributed by atoms with E-state index < -0.39 is 0 Å². The fourth-order valence-corrected chi connectivity index (χ4v) is 7.62. The summed E-state index contributed by atoms with van der Waals surface area (Å²) in [5, 5.41) is 11.9. The van der Waals surface area contributed by atoms with Crippen LogP contribution in [0, 0.1) is 0 Å². The minimum Gasteiger partial charge on any atom is -0.455 e. The van der Waals surface area contributed by atoms with Crippen molar-refractivity contribution < 1.29 is 4.42 Å². The van der Waals surface area contributed by atoms with Crippen molar-refractivity contribution in [2.75, 3.05) is 0 Å². The third kappa shape index (κ3) is 3.89. The summed E-state index contributed by atoms with van der Waals surface area (Å²) in [6, 6.07) is 58.2. The van der Waals surface area contributed by atoms with Crippen molar-refractivity contribution in [1.29, 1.82) is 0 Å². The Labute approximate surface area is 271 Å². The summed E-state index contributed by atoms with van der Waals surface area (Å²) in [5.74, 6) is 0. The van der Waals surface area contributed by atoms with E-state index in [-0.39, 0.29) is 0 Å². The van der Waals surface area contributed by atoms with Crippen LogP contribution in [-0.4, -0.2) is 4.98 Å². The Morgan fingerprint density at radius 2 is 0.872 bits per heavy atom. The van der Waals surface area contributed by atoms with Crippen molar-refractivity contribution in [3.05, 3.63) is 164 Å². The first-order valence-electron chi connectivity index (χ1n) is 16.1. The van der Waals surface area contributed by atoms with E-state index in [1.54, 1.807) is 0 Å². The number of nitrogens with zero attached hydrogens (tertiary/aromatic N) is 1. The normalized spacial score (nSPS) is 11.8. The number of pyridine rings is 1. The second kappa shape index (κ2) is 10.1. The van der Waals surface area contributed by atoms with Crippen molar-refractivity contribution in [2.45, 2.75) is 0 Å². The topological polar surface area (TPSA) is 26.0 Å². The first-order valence-corrected chi connectivity index (χ1v) is 16.1. The second-order valence-electron chi connectivity index (χ2n) is 12.2. The molecule has 218 valence electrons. The zero-order valence-corrected chi connectivity index (χ0v) is 25.4. The Kier molecular flexibility index (Phi) is 5.61. The number of rotatable bonds is 3. The number of hydrogen-bond donors (Lipinski definition) is 0. The summed E-state index contributed by atoms with van der Waals surface area (Å²) in [6.07, 6.45) is 0. The quantitative estimate of drug-likeness (QED) is 0.150. The Morgan fingerprint density at radius 3 is 1.55 bits per heavy atom. The lowest BCUT2D eigenvalue weighted by atomic mass is 9.87. The van der Waals surface area contributed by atoms with Crippen LogP contribution in [0.5, 0.6) is 0 Å². The molecule has 0 radical (unpaired) electrons. The van der Waals surface area contributed by atoms with E-state index in [2.05, 4.69) is 158 Å². The summed E-state index contributed by atoms with van der Waals surface area (Å²) in [5.41, 5.74) is 8.38. The summed E-state index contributed by atoms with van der Waals surface area (Å²) in [4.78, 5) is 5.22. The molecular formula is C45H27NO. The first kappa shape index (κ1) is 26.0. The van der Waals surface area contributed by atoms with E-state index in [4.69, 9.17) is 9.40 Å². The molecule has 47 heavy (non-hydrogen) atoms. The molecule has 0 spiro atoms. The monoisotopic (exact) mass is 597 g/mol. The average molecular weight is 598 g/mol. The molecule has 0 amide bonds. The molecule has 2 heterocycles. The van der Waals surface area contributed by atoms with Gasteiger partial charge in [0.25, 0.3) is 0 Å². The third-order valence-corrected chi connectivity index (χ3v) is 9.64. The maximum Gasteiger partial charge on any atom is 0.143 e. The van der Waals surface area contributed by atoms with E-state index >= 15 is 0 Å². The van der Waals surface area contributed by atoms with Crippen LogP contribution in [-0.2, 0) is 0 Å². The van der Waals surface area contributed by atoms with Crippen LogP contribution < -0.4 is 0 Å². The Balaban J connectivity index is 1.26. The van der Waals surface area contributed by atoms with Gasteiger partial charge < -0.3 is 4.42 Å². The van der Waals surface area contributed by atoms with Crippen molar-refractivity contribution in [1.82, 2.24) is 4.98 Å². The van der Waals surface area contributed by atoms with E-state index in [9.17, 15) is 0 Å². The van der Waals surface area contributed by atoms with Crippen LogP contribution >= 0.6 is 0 Å². The minimum absolute atomic E-state index is 0.897. The summed E-state index contributed by atoms with van der Waals surface area (Å²) in [6.45, 7) is 0. The molecule has 10 rings (SSSR count). The third-order valence-electron chi connectivity index (χ3n) is 9.64. The lowest BCUT2D eigenvalue weighted by molar-refractivity contribution is 0.673. The number of aromatic nitrogens is 1. The van der Waals surface area contributed by atoms with Crippen LogP contribution in [0.1, 0.15) is 0 Å². The van der Waals surface area contributed by atoms with Gasteiger partial charge in [0, 0.05) is 27.3 Å². The smallest absolute Gasteiger partial charge is 0.143 e. The number of benzene rings is 8. The maximum atomic E-state index is 6.80. The lowest BCUT2D eigenvalue weighted by Gasteiger charge is -2.17. The Bertz CT molecular complexity index is 2790. The van der Waals surface area contributed by atoms with Crippen LogP contribution in [0.4, 0.5) is 0 Å². The van der Waals surface area contributed by atoms with Gasteiger partial charge in [-0.25, -0.2) is 4.98 Å². The van der Waals surface area contributed by atoms with Gasteiger partial charge in [0.2, 0.25) is 0 Å². The molecule has 0 unspecified atom stereocenters. The molecule has 2 heteroatoms. The molecule has 0 bridgehead atoms. The van der Waals surface area contributed by atoms with Gasteiger partial charge in [0.15, 0.2) is 0 Å². The van der Waals surface area contributed by atoms with Crippen LogP contribution in [0.3, 0.4) is 0 Å². The highest BCUT2D eigenvalue weighted by Crippen LogP contribution is 2.46. The van der Waals surface area contributed by atoms with E-state index in [0.29, 0.717) is 0 Å². The Morgan fingerprint density at radius 1 is 0.340 bits per heavy atom. The highest BCUT2D eigenvalue weighted by atomic mass is 16.3. The molecule has 10 aromatic rings. The molecule has 0 aliphatic rings. The highest BCUT2D eigenvalue weighted by molar-refractivity contribution is 6.30. The molecule has 2 nitrogen and oxygen atoms in total. The van der Waals surface area contributed by atoms with Gasteiger partial charge in [-0.05, 0) is 73.1 Å². The van der Waals surface area contributed by atoms with Gasteiger partial charge >= 0.3 is 0 Å². The molecule has 0 N–H and O–H groups in total. The molecule has 2 aromatic heterocycles. The highest BCUT2D eigenvalue weighted by Gasteiger charge is 2.20. The average Bonchev–Trinajstić information content (AvgIpc) is 3.54. The summed E-state index contributed by atoms with van der Waals surface area (Å²) >= 11 is 0. The van der Waals surface area contributed by atoms with Gasteiger partial charge in [-0.1, -0.05) is 140 Å². The van der Waals surface area contributed by atoms with Crippen LogP contribution in [0.15, 0.2) is 168 Å². The molecule has 0 atom stereocenters.